The Labute approximate surface area is 243 Å². The van der Waals surface area contributed by atoms with E-state index in [-0.39, 0.29) is 35.5 Å². The second kappa shape index (κ2) is 12.0. The van der Waals surface area contributed by atoms with Gasteiger partial charge in [0.05, 0.1) is 12.3 Å². The summed E-state index contributed by atoms with van der Waals surface area (Å²) in [6.07, 6.45) is 1.45. The third-order valence-corrected chi connectivity index (χ3v) is 6.50. The number of rotatable bonds is 9. The highest BCUT2D eigenvalue weighted by molar-refractivity contribution is 6.25. The summed E-state index contributed by atoms with van der Waals surface area (Å²) < 4.78 is 34.5. The normalized spacial score (nSPS) is 16.1. The number of amides is 4. The lowest BCUT2D eigenvalue weighted by Crippen LogP contribution is -2.70. The molecule has 1 aliphatic heterocycles. The van der Waals surface area contributed by atoms with Crippen LogP contribution in [-0.2, 0) is 9.59 Å². The van der Waals surface area contributed by atoms with Gasteiger partial charge < -0.3 is 20.5 Å². The monoisotopic (exact) mass is 594 g/mol. The van der Waals surface area contributed by atoms with E-state index in [2.05, 4.69) is 31.2 Å². The van der Waals surface area contributed by atoms with E-state index in [1.165, 1.54) is 36.5 Å². The first-order valence-corrected chi connectivity index (χ1v) is 13.2. The van der Waals surface area contributed by atoms with Crippen molar-refractivity contribution in [1.29, 1.82) is 0 Å². The fraction of sp³-hybridized carbons (Fsp3) is 0.250. The second-order valence-electron chi connectivity index (χ2n) is 10.0. The first-order valence-electron chi connectivity index (χ1n) is 13.2. The summed E-state index contributed by atoms with van der Waals surface area (Å²) in [5.74, 6) is -2.71. The number of anilines is 3. The predicted octanol–water partition coefficient (Wildman–Crippen LogP) is 3.51. The molecule has 4 aromatic rings. The first kappa shape index (κ1) is 29.3. The second-order valence-corrected chi connectivity index (χ2v) is 10.0. The van der Waals surface area contributed by atoms with Crippen molar-refractivity contribution in [3.8, 4) is 11.5 Å². The number of ether oxygens (including phenoxy) is 1. The number of aliphatic hydroxyl groups is 1. The summed E-state index contributed by atoms with van der Waals surface area (Å²) in [6, 6.07) is 6.85. The molecule has 1 unspecified atom stereocenters. The molecule has 0 aliphatic carbocycles. The number of H-pyrrole nitrogens is 1. The van der Waals surface area contributed by atoms with Gasteiger partial charge in [-0.2, -0.15) is 5.10 Å². The lowest BCUT2D eigenvalue weighted by molar-refractivity contribution is -0.131. The van der Waals surface area contributed by atoms with E-state index >= 15 is 4.39 Å². The molecule has 2 atom stereocenters. The van der Waals surface area contributed by atoms with Crippen LogP contribution in [0.25, 0.3) is 11.0 Å². The Hall–Kier alpha value is -5.15. The number of hydrogen-bond donors (Lipinski definition) is 5. The highest BCUT2D eigenvalue weighted by atomic mass is 19.1. The van der Waals surface area contributed by atoms with Crippen LogP contribution in [-0.4, -0.2) is 67.9 Å². The van der Waals surface area contributed by atoms with Gasteiger partial charge in [-0.15, -0.1) is 0 Å². The maximum atomic E-state index is 15.2. The molecule has 0 radical (unpaired) electrons. The zero-order chi connectivity index (χ0) is 30.8. The molecular weight excluding hydrogens is 566 g/mol. The number of hydrogen-bond acceptors (Lipinski definition) is 9. The van der Waals surface area contributed by atoms with Crippen LogP contribution >= 0.6 is 0 Å². The standard InChI is InChI=1S/C28H28F2N8O5/c1-14(2)38-28(42)37(18-7-4-16(29)5-8-18)27(41)23(36-38)26(40)33-17-6-9-20(19(30)12-17)43-21-10-11-31-24-22(21)25(35-34-24)32-15(3)13-39/h4-12,14-15,23,36,39H,13H2,1-3H3,(H,33,40)(H2,31,32,34,35)/t15-,23?/m0/s1. The van der Waals surface area contributed by atoms with E-state index in [0.29, 0.717) is 16.9 Å². The van der Waals surface area contributed by atoms with Gasteiger partial charge in [0.15, 0.2) is 29.1 Å². The quantitative estimate of drug-likeness (QED) is 0.182. The van der Waals surface area contributed by atoms with E-state index in [1.54, 1.807) is 20.8 Å². The summed E-state index contributed by atoms with van der Waals surface area (Å²) in [6.45, 7) is 4.96. The predicted molar refractivity (Wildman–Crippen MR) is 152 cm³/mol. The number of aliphatic hydroxyl groups excluding tert-OH is 1. The lowest BCUT2D eigenvalue weighted by atomic mass is 10.1. The summed E-state index contributed by atoms with van der Waals surface area (Å²) >= 11 is 0. The minimum absolute atomic E-state index is 0.0214. The average Bonchev–Trinajstić information content (AvgIpc) is 3.38. The molecule has 0 spiro atoms. The van der Waals surface area contributed by atoms with Gasteiger partial charge in [-0.3, -0.25) is 19.7 Å². The van der Waals surface area contributed by atoms with Crippen LogP contribution < -0.4 is 25.7 Å². The van der Waals surface area contributed by atoms with Crippen molar-refractivity contribution in [1.82, 2.24) is 25.6 Å². The van der Waals surface area contributed by atoms with E-state index in [4.69, 9.17) is 4.74 Å². The summed E-state index contributed by atoms with van der Waals surface area (Å²) in [5, 5.41) is 23.3. The molecule has 5 N–H and O–H groups in total. The van der Waals surface area contributed by atoms with Crippen LogP contribution in [0.15, 0.2) is 54.7 Å². The number of hydrazine groups is 1. The molecule has 4 amide bonds. The third-order valence-electron chi connectivity index (χ3n) is 6.50. The molecule has 15 heteroatoms. The maximum absolute atomic E-state index is 15.2. The van der Waals surface area contributed by atoms with Gasteiger partial charge in [-0.25, -0.2) is 28.9 Å². The van der Waals surface area contributed by atoms with E-state index < -0.39 is 41.6 Å². The van der Waals surface area contributed by atoms with Gasteiger partial charge in [0.1, 0.15) is 17.0 Å². The van der Waals surface area contributed by atoms with Gasteiger partial charge in [0.2, 0.25) is 0 Å². The van der Waals surface area contributed by atoms with Crippen LogP contribution in [0.1, 0.15) is 20.8 Å². The molecule has 1 aliphatic rings. The zero-order valence-corrected chi connectivity index (χ0v) is 23.3. The number of pyridine rings is 1. The van der Waals surface area contributed by atoms with Crippen LogP contribution in [0.3, 0.4) is 0 Å². The Kier molecular flexibility index (Phi) is 8.18. The number of aromatic nitrogens is 3. The molecule has 2 aromatic carbocycles. The largest absolute Gasteiger partial charge is 0.453 e. The fourth-order valence-corrected chi connectivity index (χ4v) is 4.33. The Morgan fingerprint density at radius 2 is 1.84 bits per heavy atom. The Morgan fingerprint density at radius 1 is 1.09 bits per heavy atom. The Balaban J connectivity index is 1.36. The molecule has 224 valence electrons. The van der Waals surface area contributed by atoms with Crippen LogP contribution in [0.2, 0.25) is 0 Å². The third kappa shape index (κ3) is 5.93. The molecule has 13 nitrogen and oxygen atoms in total. The van der Waals surface area contributed by atoms with E-state index in [0.717, 1.165) is 28.1 Å². The number of carbonyl (C=O) groups excluding carboxylic acids is 3. The average molecular weight is 595 g/mol. The summed E-state index contributed by atoms with van der Waals surface area (Å²) in [4.78, 5) is 44.5. The minimum Gasteiger partial charge on any atom is -0.453 e. The van der Waals surface area contributed by atoms with Crippen LogP contribution in [0, 0.1) is 11.6 Å². The lowest BCUT2D eigenvalue weighted by Gasteiger charge is -2.40. The van der Waals surface area contributed by atoms with Crippen molar-refractivity contribution < 1.29 is 33.0 Å². The van der Waals surface area contributed by atoms with Crippen molar-refractivity contribution in [2.75, 3.05) is 22.1 Å². The van der Waals surface area contributed by atoms with Crippen LogP contribution in [0.5, 0.6) is 11.5 Å². The number of nitrogens with zero attached hydrogens (tertiary/aromatic N) is 4. The van der Waals surface area contributed by atoms with Crippen molar-refractivity contribution in [3.05, 3.63) is 66.4 Å². The molecule has 2 aromatic heterocycles. The van der Waals surface area contributed by atoms with Gasteiger partial charge in [-0.05, 0) is 57.2 Å². The molecule has 0 saturated carbocycles. The smallest absolute Gasteiger partial charge is 0.346 e. The number of aromatic amines is 1. The molecule has 43 heavy (non-hydrogen) atoms. The van der Waals surface area contributed by atoms with Crippen molar-refractivity contribution >= 4 is 46.1 Å². The van der Waals surface area contributed by atoms with Crippen LogP contribution in [0.4, 0.5) is 30.8 Å². The van der Waals surface area contributed by atoms with Crippen molar-refractivity contribution in [2.24, 2.45) is 0 Å². The van der Waals surface area contributed by atoms with Crippen molar-refractivity contribution in [2.45, 2.75) is 38.9 Å². The number of nitrogens with one attached hydrogen (secondary N) is 4. The number of carbonyl (C=O) groups is 3. The summed E-state index contributed by atoms with van der Waals surface area (Å²) in [7, 11) is 0. The van der Waals surface area contributed by atoms with E-state index in [9.17, 15) is 23.9 Å². The molecule has 5 rings (SSSR count). The zero-order valence-electron chi connectivity index (χ0n) is 23.3. The molecular formula is C28H28F2N8O5. The fourth-order valence-electron chi connectivity index (χ4n) is 4.33. The summed E-state index contributed by atoms with van der Waals surface area (Å²) in [5.41, 5.74) is 3.11. The van der Waals surface area contributed by atoms with Gasteiger partial charge in [0, 0.05) is 36.1 Å². The Morgan fingerprint density at radius 3 is 2.51 bits per heavy atom. The SMILES string of the molecule is CC(C)N1NC(C(=O)Nc2ccc(Oc3ccnc4[nH]nc(N[C@@H](C)CO)c34)c(F)c2)C(=O)N(c2ccc(F)cc2)C1=O. The van der Waals surface area contributed by atoms with Gasteiger partial charge in [-0.1, -0.05) is 0 Å². The highest BCUT2D eigenvalue weighted by Crippen LogP contribution is 2.34. The number of urea groups is 1. The first-order chi connectivity index (χ1) is 20.6. The number of halogens is 2. The molecule has 1 fully saturated rings. The molecule has 1 saturated heterocycles. The number of fused-ring (bicyclic) bond motifs is 1. The Bertz CT molecular complexity index is 1680. The minimum atomic E-state index is -1.55. The topological polar surface area (TPSA) is 165 Å². The van der Waals surface area contributed by atoms with Gasteiger partial charge >= 0.3 is 6.03 Å². The highest BCUT2D eigenvalue weighted by Gasteiger charge is 2.44. The number of benzene rings is 2. The number of imide groups is 1. The van der Waals surface area contributed by atoms with Crippen molar-refractivity contribution in [3.63, 3.8) is 0 Å². The molecule has 3 heterocycles. The maximum Gasteiger partial charge on any atom is 0.346 e. The molecule has 0 bridgehead atoms. The van der Waals surface area contributed by atoms with Gasteiger partial charge in [0.25, 0.3) is 11.8 Å². The van der Waals surface area contributed by atoms with E-state index in [1.807, 2.05) is 0 Å².